The van der Waals surface area contributed by atoms with Crippen molar-refractivity contribution < 1.29 is 33.5 Å². The van der Waals surface area contributed by atoms with E-state index in [1.807, 2.05) is 0 Å². The number of β-lactam (4-membered cyclic amide) rings is 1. The third-order valence-corrected chi connectivity index (χ3v) is 9.09. The number of oxime groups is 1. The maximum Gasteiger partial charge on any atom is 0.352 e. The zero-order valence-electron chi connectivity index (χ0n) is 23.2. The maximum absolute atomic E-state index is 13.3. The van der Waals surface area contributed by atoms with E-state index in [0.717, 1.165) is 17.4 Å². The molecule has 1 aliphatic rings. The van der Waals surface area contributed by atoms with Gasteiger partial charge in [0, 0.05) is 32.7 Å². The average Bonchev–Trinajstić information content (AvgIpc) is 3.31. The molecule has 222 valence electrons. The Morgan fingerprint density at radius 1 is 1.27 bits per heavy atom. The summed E-state index contributed by atoms with van der Waals surface area (Å²) in [5.74, 6) is -2.28. The Bertz CT molecular complexity index is 1140. The number of alkyl halides is 1. The molecule has 4 N–H and O–H groups in total. The fourth-order valence-electron chi connectivity index (χ4n) is 2.87. The molecule has 1 fully saturated rings. The van der Waals surface area contributed by atoms with Crippen LogP contribution in [0.15, 0.2) is 10.5 Å². The number of hydrogen-bond donors (Lipinski definition) is 4. The largest absolute Gasteiger partial charge is 0.463 e. The topological polar surface area (TPSA) is 177 Å². The summed E-state index contributed by atoms with van der Waals surface area (Å²) in [6, 6.07) is -0.108. The molecule has 0 aromatic carbocycles. The van der Waals surface area contributed by atoms with Crippen molar-refractivity contribution in [2.24, 2.45) is 5.16 Å². The number of carbonyl (C=O) groups excluding carboxylic acids is 5. The minimum absolute atomic E-state index is 0.0462. The van der Waals surface area contributed by atoms with Crippen LogP contribution >= 0.6 is 34.7 Å². The summed E-state index contributed by atoms with van der Waals surface area (Å²) in [5.41, 5.74) is -1.80. The van der Waals surface area contributed by atoms with Crippen LogP contribution in [0.2, 0.25) is 25.7 Å². The maximum atomic E-state index is 13.3. The van der Waals surface area contributed by atoms with Gasteiger partial charge in [-0.05, 0) is 19.9 Å². The minimum atomic E-state index is -1.54. The summed E-state index contributed by atoms with van der Waals surface area (Å²) < 4.78 is 5.37. The highest BCUT2D eigenvalue weighted by Gasteiger charge is 2.42. The number of esters is 1. The predicted octanol–water partition coefficient (Wildman–Crippen LogP) is 1.51. The molecule has 0 radical (unpaired) electrons. The number of nitrogens with zero attached hydrogens (tertiary/aromatic N) is 2. The molecule has 1 aromatic heterocycles. The van der Waals surface area contributed by atoms with E-state index in [-0.39, 0.29) is 34.9 Å². The Morgan fingerprint density at radius 3 is 2.58 bits per heavy atom. The van der Waals surface area contributed by atoms with Gasteiger partial charge in [-0.15, -0.1) is 34.7 Å². The Kier molecular flexibility index (Phi) is 12.4. The number of nitrogens with one attached hydrogen (secondary N) is 4. The van der Waals surface area contributed by atoms with Gasteiger partial charge in [-0.2, -0.15) is 0 Å². The standard InChI is InChI=1S/C23H35ClN6O7S2Si/c1-13(31)25-7-9-38-20-17(19(34)29-20)28-18(33)16(14-12-39-22(26-14)27-15(32)11-24)30-37-23(2,3)21(35)36-8-10-40(4,5)6/h12,17,20H,7-11H2,1-6H3,(H,25,31)(H,28,33)(H,29,34)(H,26,27,32)/t17-,20-/m1/s1. The van der Waals surface area contributed by atoms with Crippen molar-refractivity contribution in [2.75, 3.05) is 30.1 Å². The Morgan fingerprint density at radius 2 is 1.98 bits per heavy atom. The Labute approximate surface area is 246 Å². The van der Waals surface area contributed by atoms with Gasteiger partial charge in [-0.25, -0.2) is 9.78 Å². The van der Waals surface area contributed by atoms with Crippen molar-refractivity contribution in [2.45, 2.75) is 63.5 Å². The Hall–Kier alpha value is -2.69. The first-order chi connectivity index (χ1) is 18.6. The monoisotopic (exact) mass is 634 g/mol. The van der Waals surface area contributed by atoms with Gasteiger partial charge >= 0.3 is 5.97 Å². The SMILES string of the molecule is CC(=O)NCCS[C@H]1NC(=O)[C@H]1NC(=O)C(=NOC(C)(C)C(=O)OCC[Si](C)(C)C)c1csc(NC(=O)CCl)n1. The van der Waals surface area contributed by atoms with E-state index in [2.05, 4.69) is 51.0 Å². The fourth-order valence-corrected chi connectivity index (χ4v) is 5.42. The van der Waals surface area contributed by atoms with Gasteiger partial charge in [-0.1, -0.05) is 24.8 Å². The fraction of sp³-hybridized carbons (Fsp3) is 0.609. The number of carbonyl (C=O) groups is 5. The van der Waals surface area contributed by atoms with E-state index >= 15 is 0 Å². The highest BCUT2D eigenvalue weighted by atomic mass is 35.5. The lowest BCUT2D eigenvalue weighted by molar-refractivity contribution is -0.167. The van der Waals surface area contributed by atoms with Crippen LogP contribution in [0.1, 0.15) is 26.5 Å². The average molecular weight is 635 g/mol. The summed E-state index contributed by atoms with van der Waals surface area (Å²) in [4.78, 5) is 70.5. The van der Waals surface area contributed by atoms with Crippen molar-refractivity contribution >= 4 is 83.2 Å². The number of thioether (sulfide) groups is 1. The molecule has 0 saturated carbocycles. The quantitative estimate of drug-likeness (QED) is 0.0423. The summed E-state index contributed by atoms with van der Waals surface area (Å²) in [7, 11) is -1.43. The molecule has 1 aromatic rings. The van der Waals surface area contributed by atoms with Gasteiger partial charge in [0.1, 0.15) is 23.0 Å². The molecule has 1 aliphatic heterocycles. The first-order valence-electron chi connectivity index (χ1n) is 12.4. The first-order valence-corrected chi connectivity index (χ1v) is 18.5. The third-order valence-electron chi connectivity index (χ3n) is 5.20. The molecule has 1 saturated heterocycles. The van der Waals surface area contributed by atoms with E-state index in [1.54, 1.807) is 0 Å². The molecule has 13 nitrogen and oxygen atoms in total. The molecule has 17 heteroatoms. The van der Waals surface area contributed by atoms with Gasteiger partial charge in [0.05, 0.1) is 6.61 Å². The van der Waals surface area contributed by atoms with Crippen LogP contribution < -0.4 is 21.3 Å². The van der Waals surface area contributed by atoms with Crippen molar-refractivity contribution in [3.63, 3.8) is 0 Å². The van der Waals surface area contributed by atoms with E-state index < -0.39 is 48.8 Å². The normalized spacial score (nSPS) is 17.3. The third kappa shape index (κ3) is 10.7. The predicted molar refractivity (Wildman–Crippen MR) is 157 cm³/mol. The zero-order chi connectivity index (χ0) is 30.1. The van der Waals surface area contributed by atoms with E-state index in [9.17, 15) is 24.0 Å². The van der Waals surface area contributed by atoms with E-state index in [1.165, 1.54) is 37.9 Å². The summed E-state index contributed by atoms with van der Waals surface area (Å²) in [6.45, 7) is 11.4. The van der Waals surface area contributed by atoms with Crippen molar-refractivity contribution in [1.82, 2.24) is 20.9 Å². The molecule has 4 amide bonds. The van der Waals surface area contributed by atoms with Gasteiger partial charge in [0.2, 0.25) is 23.3 Å². The molecular weight excluding hydrogens is 600 g/mol. The lowest BCUT2D eigenvalue weighted by atomic mass is 10.1. The van der Waals surface area contributed by atoms with Gasteiger partial charge in [0.25, 0.3) is 5.91 Å². The van der Waals surface area contributed by atoms with Crippen LogP contribution in [0.5, 0.6) is 0 Å². The molecule has 0 aliphatic carbocycles. The van der Waals surface area contributed by atoms with Crippen molar-refractivity contribution in [3.05, 3.63) is 11.1 Å². The molecule has 0 unspecified atom stereocenters. The van der Waals surface area contributed by atoms with Crippen LogP contribution in [-0.4, -0.2) is 90.2 Å². The number of amides is 4. The molecule has 0 bridgehead atoms. The lowest BCUT2D eigenvalue weighted by Gasteiger charge is -2.36. The molecule has 2 rings (SSSR count). The first kappa shape index (κ1) is 33.5. The van der Waals surface area contributed by atoms with Gasteiger partial charge < -0.3 is 30.8 Å². The second kappa shape index (κ2) is 14.8. The highest BCUT2D eigenvalue weighted by molar-refractivity contribution is 8.00. The van der Waals surface area contributed by atoms with Crippen LogP contribution in [-0.2, 0) is 33.5 Å². The molecule has 2 atom stereocenters. The molecular formula is C23H35ClN6O7S2Si. The molecule has 0 spiro atoms. The summed E-state index contributed by atoms with van der Waals surface area (Å²) in [5, 5.41) is 15.6. The summed E-state index contributed by atoms with van der Waals surface area (Å²) in [6.07, 6.45) is 0. The van der Waals surface area contributed by atoms with Crippen LogP contribution in [0, 0.1) is 0 Å². The smallest absolute Gasteiger partial charge is 0.352 e. The lowest BCUT2D eigenvalue weighted by Crippen LogP contribution is -2.68. The van der Waals surface area contributed by atoms with Crippen molar-refractivity contribution in [3.8, 4) is 0 Å². The summed E-state index contributed by atoms with van der Waals surface area (Å²) >= 11 is 7.91. The second-order valence-electron chi connectivity index (χ2n) is 10.4. The van der Waals surface area contributed by atoms with Gasteiger partial charge in [-0.3, -0.25) is 19.2 Å². The van der Waals surface area contributed by atoms with E-state index in [0.29, 0.717) is 12.3 Å². The number of halogens is 1. The number of ether oxygens (including phenoxy) is 1. The number of anilines is 1. The second-order valence-corrected chi connectivity index (χ2v) is 18.4. The van der Waals surface area contributed by atoms with Crippen LogP contribution in [0.4, 0.5) is 5.13 Å². The number of rotatable bonds is 15. The zero-order valence-corrected chi connectivity index (χ0v) is 26.6. The Balaban J connectivity index is 2.19. The highest BCUT2D eigenvalue weighted by Crippen LogP contribution is 2.22. The molecule has 40 heavy (non-hydrogen) atoms. The number of aromatic nitrogens is 1. The van der Waals surface area contributed by atoms with Crippen LogP contribution in [0.25, 0.3) is 0 Å². The van der Waals surface area contributed by atoms with Crippen molar-refractivity contribution in [1.29, 1.82) is 0 Å². The number of hydrogen-bond acceptors (Lipinski definition) is 11. The minimum Gasteiger partial charge on any atom is -0.463 e. The van der Waals surface area contributed by atoms with E-state index in [4.69, 9.17) is 21.2 Å². The van der Waals surface area contributed by atoms with Crippen LogP contribution in [0.3, 0.4) is 0 Å². The molecule has 2 heterocycles. The van der Waals surface area contributed by atoms with Gasteiger partial charge in [0.15, 0.2) is 10.8 Å². The number of thiazole rings is 1.